The Kier molecular flexibility index (Phi) is 7.46. The number of hydrogen-bond donors (Lipinski definition) is 0. The molecule has 0 saturated heterocycles. The maximum Gasteiger partial charge on any atom is 0.306 e. The van der Waals surface area contributed by atoms with E-state index >= 15 is 0 Å². The van der Waals surface area contributed by atoms with Gasteiger partial charge in [-0.3, -0.25) is 9.59 Å². The van der Waals surface area contributed by atoms with Crippen LogP contribution < -0.4 is 0 Å². The average Bonchev–Trinajstić information content (AvgIpc) is 2.94. The first-order valence-electron chi connectivity index (χ1n) is 17.5. The molecule has 1 aromatic rings. The van der Waals surface area contributed by atoms with E-state index in [0.29, 0.717) is 35.4 Å². The van der Waals surface area contributed by atoms with Crippen LogP contribution in [0.2, 0.25) is 0 Å². The Labute approximate surface area is 262 Å². The molecule has 0 amide bonds. The number of esters is 1. The van der Waals surface area contributed by atoms with Crippen molar-refractivity contribution in [2.45, 2.75) is 139 Å². The number of ether oxygens (including phenoxy) is 1. The number of hydrogen-bond acceptors (Lipinski definition) is 3. The minimum Gasteiger partial charge on any atom is -0.462 e. The summed E-state index contributed by atoms with van der Waals surface area (Å²) in [6.07, 6.45) is 15.1. The van der Waals surface area contributed by atoms with E-state index in [1.807, 2.05) is 25.1 Å². The Hall–Kier alpha value is -1.90. The SMILES string of the molecule is CC(=O)[C@]12CCC(C)(C)C[C@H]1C1=CC[C@@H]3[C@@]4(C)CC[C@H](OC(=O)CCc5ccccc5)C(C)(C)C4CC[C@@]3(C)[C@]1(C)CC2. The van der Waals surface area contributed by atoms with Crippen molar-refractivity contribution in [3.63, 3.8) is 0 Å². The molecule has 5 aliphatic carbocycles. The van der Waals surface area contributed by atoms with Gasteiger partial charge in [-0.1, -0.05) is 90.4 Å². The van der Waals surface area contributed by atoms with Crippen LogP contribution in [0.4, 0.5) is 0 Å². The summed E-state index contributed by atoms with van der Waals surface area (Å²) in [6, 6.07) is 10.3. The molecule has 0 aliphatic heterocycles. The van der Waals surface area contributed by atoms with Crippen molar-refractivity contribution in [3.05, 3.63) is 47.5 Å². The van der Waals surface area contributed by atoms with Crippen molar-refractivity contribution in [1.82, 2.24) is 0 Å². The average molecular weight is 587 g/mol. The molecule has 8 atom stereocenters. The highest BCUT2D eigenvalue weighted by atomic mass is 16.5. The second-order valence-electron chi connectivity index (χ2n) is 17.8. The van der Waals surface area contributed by atoms with E-state index in [0.717, 1.165) is 51.4 Å². The summed E-state index contributed by atoms with van der Waals surface area (Å²) in [5, 5.41) is 0. The zero-order valence-corrected chi connectivity index (χ0v) is 28.5. The van der Waals surface area contributed by atoms with Crippen molar-refractivity contribution in [2.75, 3.05) is 0 Å². The molecule has 0 radical (unpaired) electrons. The maximum absolute atomic E-state index is 13.4. The maximum atomic E-state index is 13.4. The molecular weight excluding hydrogens is 528 g/mol. The quantitative estimate of drug-likeness (QED) is 0.255. The molecule has 0 spiro atoms. The Morgan fingerprint density at radius 1 is 0.837 bits per heavy atom. The first-order valence-corrected chi connectivity index (χ1v) is 17.5. The molecule has 0 bridgehead atoms. The lowest BCUT2D eigenvalue weighted by Crippen LogP contribution is -2.65. The number of aryl methyl sites for hydroxylation is 1. The molecule has 0 heterocycles. The van der Waals surface area contributed by atoms with Gasteiger partial charge in [-0.15, -0.1) is 0 Å². The van der Waals surface area contributed by atoms with E-state index in [1.165, 1.54) is 24.8 Å². The lowest BCUT2D eigenvalue weighted by Gasteiger charge is -2.71. The number of rotatable bonds is 5. The molecule has 43 heavy (non-hydrogen) atoms. The highest BCUT2D eigenvalue weighted by molar-refractivity contribution is 5.84. The molecule has 3 nitrogen and oxygen atoms in total. The summed E-state index contributed by atoms with van der Waals surface area (Å²) in [7, 11) is 0. The molecule has 5 aliphatic rings. The van der Waals surface area contributed by atoms with Crippen LogP contribution in [0.25, 0.3) is 0 Å². The number of carbonyl (C=O) groups is 2. The Morgan fingerprint density at radius 3 is 2.23 bits per heavy atom. The van der Waals surface area contributed by atoms with Gasteiger partial charge in [0.2, 0.25) is 0 Å². The Morgan fingerprint density at radius 2 is 1.53 bits per heavy atom. The second-order valence-corrected chi connectivity index (χ2v) is 17.8. The van der Waals surface area contributed by atoms with E-state index in [-0.39, 0.29) is 39.1 Å². The van der Waals surface area contributed by atoms with Gasteiger partial charge in [0.25, 0.3) is 0 Å². The van der Waals surface area contributed by atoms with Gasteiger partial charge in [-0.2, -0.15) is 0 Å². The van der Waals surface area contributed by atoms with Crippen LogP contribution in [0, 0.1) is 50.2 Å². The van der Waals surface area contributed by atoms with E-state index in [1.54, 1.807) is 5.57 Å². The summed E-state index contributed by atoms with van der Waals surface area (Å²) in [6.45, 7) is 19.4. The van der Waals surface area contributed by atoms with Gasteiger partial charge in [0.05, 0.1) is 0 Å². The first-order chi connectivity index (χ1) is 20.1. The standard InChI is InChI=1S/C40H58O3/c1-27(41)40-24-22-35(2,3)26-30(40)29-15-16-32-37(6)20-19-33(43-34(42)17-14-28-12-10-9-11-13-28)36(4,5)31(37)18-21-39(32,8)38(29,7)23-25-40/h9-13,15,30-33H,14,16-26H2,1-8H3/t30-,31?,32+,33-,37-,38+,39+,40+/m0/s1. The predicted molar refractivity (Wildman–Crippen MR) is 174 cm³/mol. The van der Waals surface area contributed by atoms with Crippen molar-refractivity contribution in [3.8, 4) is 0 Å². The van der Waals surface area contributed by atoms with Crippen LogP contribution in [0.3, 0.4) is 0 Å². The summed E-state index contributed by atoms with van der Waals surface area (Å²) in [4.78, 5) is 26.4. The van der Waals surface area contributed by atoms with Crippen LogP contribution in [-0.4, -0.2) is 17.9 Å². The van der Waals surface area contributed by atoms with Crippen molar-refractivity contribution < 1.29 is 14.3 Å². The number of fused-ring (bicyclic) bond motifs is 7. The number of ketones is 1. The van der Waals surface area contributed by atoms with Crippen LogP contribution in [-0.2, 0) is 20.7 Å². The lowest BCUT2D eigenvalue weighted by molar-refractivity contribution is -0.212. The largest absolute Gasteiger partial charge is 0.462 e. The molecule has 236 valence electrons. The van der Waals surface area contributed by atoms with Crippen LogP contribution >= 0.6 is 0 Å². The molecule has 1 unspecified atom stereocenters. The van der Waals surface area contributed by atoms with Gasteiger partial charge in [-0.05, 0) is 123 Å². The molecule has 0 N–H and O–H groups in total. The van der Waals surface area contributed by atoms with E-state index in [2.05, 4.69) is 66.7 Å². The molecule has 3 heteroatoms. The minimum atomic E-state index is -0.143. The molecule has 6 rings (SSSR count). The van der Waals surface area contributed by atoms with Crippen LogP contribution in [0.5, 0.6) is 0 Å². The van der Waals surface area contributed by atoms with Gasteiger partial charge in [-0.25, -0.2) is 0 Å². The van der Waals surface area contributed by atoms with Gasteiger partial charge >= 0.3 is 5.97 Å². The molecule has 4 saturated carbocycles. The second kappa shape index (κ2) is 10.3. The summed E-state index contributed by atoms with van der Waals surface area (Å²) >= 11 is 0. The molecule has 0 aromatic heterocycles. The van der Waals surface area contributed by atoms with E-state index in [9.17, 15) is 9.59 Å². The van der Waals surface area contributed by atoms with Gasteiger partial charge in [0.15, 0.2) is 0 Å². The smallest absolute Gasteiger partial charge is 0.306 e. The summed E-state index contributed by atoms with van der Waals surface area (Å²) in [5.41, 5.74) is 3.54. The van der Waals surface area contributed by atoms with Gasteiger partial charge < -0.3 is 4.74 Å². The zero-order valence-electron chi connectivity index (χ0n) is 28.5. The predicted octanol–water partition coefficient (Wildman–Crippen LogP) is 9.92. The van der Waals surface area contributed by atoms with Gasteiger partial charge in [0, 0.05) is 17.3 Å². The highest BCUT2D eigenvalue weighted by Crippen LogP contribution is 2.76. The number of carbonyl (C=O) groups excluding carboxylic acids is 2. The molecular formula is C40H58O3. The van der Waals surface area contributed by atoms with Crippen LogP contribution in [0.15, 0.2) is 42.0 Å². The number of allylic oxidation sites excluding steroid dienone is 2. The fourth-order valence-electron chi connectivity index (χ4n) is 12.2. The van der Waals surface area contributed by atoms with Crippen molar-refractivity contribution in [2.24, 2.45) is 50.2 Å². The third kappa shape index (κ3) is 4.63. The van der Waals surface area contributed by atoms with Crippen molar-refractivity contribution in [1.29, 1.82) is 0 Å². The topological polar surface area (TPSA) is 43.4 Å². The lowest BCUT2D eigenvalue weighted by atomic mass is 9.33. The van der Waals surface area contributed by atoms with E-state index in [4.69, 9.17) is 4.74 Å². The monoisotopic (exact) mass is 586 g/mol. The highest BCUT2D eigenvalue weighted by Gasteiger charge is 2.69. The normalized spacial score (nSPS) is 42.7. The summed E-state index contributed by atoms with van der Waals surface area (Å²) in [5.74, 6) is 1.94. The number of benzene rings is 1. The Balaban J connectivity index is 1.25. The number of Topliss-reactive ketones (excluding diaryl/α,β-unsaturated/α-hetero) is 1. The Bertz CT molecular complexity index is 1290. The molecule has 1 aromatic carbocycles. The first kappa shape index (κ1) is 31.1. The van der Waals surface area contributed by atoms with Crippen LogP contribution in [0.1, 0.15) is 132 Å². The molecule has 4 fully saturated rings. The third-order valence-electron chi connectivity index (χ3n) is 15.0. The summed E-state index contributed by atoms with van der Waals surface area (Å²) < 4.78 is 6.32. The fourth-order valence-corrected chi connectivity index (χ4v) is 12.2. The fraction of sp³-hybridized carbons (Fsp3) is 0.750. The minimum absolute atomic E-state index is 0.0150. The zero-order chi connectivity index (χ0) is 31.1. The van der Waals surface area contributed by atoms with Gasteiger partial charge in [0.1, 0.15) is 11.9 Å². The van der Waals surface area contributed by atoms with Crippen molar-refractivity contribution >= 4 is 11.8 Å². The third-order valence-corrected chi connectivity index (χ3v) is 15.0. The van der Waals surface area contributed by atoms with E-state index < -0.39 is 0 Å².